The van der Waals surface area contributed by atoms with E-state index in [1.807, 2.05) is 18.2 Å². The summed E-state index contributed by atoms with van der Waals surface area (Å²) in [5.41, 5.74) is 3.29. The molecule has 2 heterocycles. The van der Waals surface area contributed by atoms with Crippen molar-refractivity contribution < 1.29 is 39.5 Å². The number of allylic oxidation sites excluding steroid dienone is 1. The Morgan fingerprint density at radius 1 is 1.16 bits per heavy atom. The number of carboxylic acid groups (broad SMARTS) is 1. The van der Waals surface area contributed by atoms with Crippen molar-refractivity contribution in [2.24, 2.45) is 17.8 Å². The minimum atomic E-state index is -1.03. The molecule has 1 fully saturated rings. The van der Waals surface area contributed by atoms with E-state index >= 15 is 0 Å². The number of benzene rings is 1. The zero-order chi connectivity index (χ0) is 31.8. The molecule has 2 aliphatic rings. The predicted octanol–water partition coefficient (Wildman–Crippen LogP) is 4.43. The molecule has 0 saturated carbocycles. The summed E-state index contributed by atoms with van der Waals surface area (Å²) in [6.45, 7) is -0.0701. The van der Waals surface area contributed by atoms with Crippen LogP contribution < -0.4 is 0 Å². The van der Waals surface area contributed by atoms with Crippen molar-refractivity contribution in [1.29, 1.82) is 0 Å². The number of imide groups is 1. The standard InChI is InChI=1S/C33H39BrN2O8/c1-44-19-22-17-24-31(33(43)36(32(24)42)14-6-2-3-8-29(40)41)25(18-37)30(22)28(39)11-9-20(26-7-4-5-13-35-26)15-21-16-23(34)10-12-27(21)38/h4-5,7,10,12-13,15-16,24-25,28,31,37-39H,2-3,6,8-9,11,14,17-19H2,1H3,(H,40,41)/b20-15-/t24-,25+,28-,31-/m1/s1. The van der Waals surface area contributed by atoms with Crippen LogP contribution in [0.5, 0.6) is 5.75 Å². The Labute approximate surface area is 265 Å². The molecule has 1 aliphatic carbocycles. The van der Waals surface area contributed by atoms with Crippen molar-refractivity contribution in [3.8, 4) is 5.75 Å². The summed E-state index contributed by atoms with van der Waals surface area (Å²) in [6.07, 6.45) is 4.89. The van der Waals surface area contributed by atoms with E-state index < -0.39 is 36.4 Å². The van der Waals surface area contributed by atoms with Crippen molar-refractivity contribution >= 4 is 45.4 Å². The Bertz CT molecular complexity index is 1410. The number of phenolic OH excluding ortho intramolecular Hbond substituents is 1. The summed E-state index contributed by atoms with van der Waals surface area (Å²) < 4.78 is 6.23. The number of carbonyl (C=O) groups is 3. The van der Waals surface area contributed by atoms with E-state index in [2.05, 4.69) is 20.9 Å². The Balaban J connectivity index is 1.57. The molecule has 4 rings (SSSR count). The van der Waals surface area contributed by atoms with Gasteiger partial charge in [-0.15, -0.1) is 0 Å². The Morgan fingerprint density at radius 3 is 2.64 bits per heavy atom. The lowest BCUT2D eigenvalue weighted by Crippen LogP contribution is -2.39. The fourth-order valence-electron chi connectivity index (χ4n) is 6.38. The maximum Gasteiger partial charge on any atom is 0.303 e. The number of rotatable bonds is 15. The number of aliphatic hydroxyl groups is 2. The number of aliphatic carboxylic acids is 1. The molecule has 1 aromatic carbocycles. The summed E-state index contributed by atoms with van der Waals surface area (Å²) in [5.74, 6) is -3.64. The van der Waals surface area contributed by atoms with Gasteiger partial charge in [0.15, 0.2) is 0 Å². The fourth-order valence-corrected chi connectivity index (χ4v) is 6.76. The number of phenols is 1. The van der Waals surface area contributed by atoms with E-state index in [9.17, 15) is 29.7 Å². The molecule has 0 unspecified atom stereocenters. The SMILES string of the molecule is COCC1=C([C@H](O)CC/C(=C/c2cc(Br)ccc2O)c2ccccn2)[C@H](CO)[C@@H]2C(=O)N(CCCCCC(=O)O)C(=O)[C@@H]2C1. The van der Waals surface area contributed by atoms with Crippen LogP contribution in [0, 0.1) is 17.8 Å². The molecule has 44 heavy (non-hydrogen) atoms. The molecule has 1 saturated heterocycles. The lowest BCUT2D eigenvalue weighted by atomic mass is 9.68. The van der Waals surface area contributed by atoms with Gasteiger partial charge in [-0.2, -0.15) is 0 Å². The second-order valence-electron chi connectivity index (χ2n) is 11.3. The Kier molecular flexibility index (Phi) is 11.9. The molecule has 10 nitrogen and oxygen atoms in total. The maximum atomic E-state index is 13.6. The number of hydrogen-bond acceptors (Lipinski definition) is 8. The van der Waals surface area contributed by atoms with Gasteiger partial charge in [-0.05, 0) is 85.2 Å². The largest absolute Gasteiger partial charge is 0.507 e. The van der Waals surface area contributed by atoms with Crippen molar-refractivity contribution in [1.82, 2.24) is 9.88 Å². The highest BCUT2D eigenvalue weighted by Crippen LogP contribution is 2.46. The summed E-state index contributed by atoms with van der Waals surface area (Å²) in [6, 6.07) is 10.6. The number of unbranched alkanes of at least 4 members (excludes halogenated alkanes) is 2. The quantitative estimate of drug-likeness (QED) is 0.122. The molecule has 4 N–H and O–H groups in total. The van der Waals surface area contributed by atoms with Crippen LogP contribution in [0.4, 0.5) is 0 Å². The van der Waals surface area contributed by atoms with Crippen molar-refractivity contribution in [3.05, 3.63) is 69.5 Å². The molecule has 0 bridgehead atoms. The summed E-state index contributed by atoms with van der Waals surface area (Å²) >= 11 is 3.44. The molecule has 1 aromatic heterocycles. The summed E-state index contributed by atoms with van der Waals surface area (Å²) in [7, 11) is 1.52. The van der Waals surface area contributed by atoms with Crippen molar-refractivity contribution in [3.63, 3.8) is 0 Å². The number of carboxylic acids is 1. The van der Waals surface area contributed by atoms with E-state index in [4.69, 9.17) is 9.84 Å². The zero-order valence-corrected chi connectivity index (χ0v) is 26.3. The number of fused-ring (bicyclic) bond motifs is 1. The molecular weight excluding hydrogens is 632 g/mol. The highest BCUT2D eigenvalue weighted by Gasteiger charge is 2.54. The highest BCUT2D eigenvalue weighted by molar-refractivity contribution is 9.10. The summed E-state index contributed by atoms with van der Waals surface area (Å²) in [4.78, 5) is 43.4. The third-order valence-electron chi connectivity index (χ3n) is 8.42. The van der Waals surface area contributed by atoms with Gasteiger partial charge in [0.05, 0.1) is 36.8 Å². The number of carbonyl (C=O) groups excluding carboxylic acids is 2. The normalized spacial score (nSPS) is 21.1. The minimum absolute atomic E-state index is 0.0343. The van der Waals surface area contributed by atoms with Crippen LogP contribution in [0.25, 0.3) is 11.6 Å². The van der Waals surface area contributed by atoms with Gasteiger partial charge in [0.1, 0.15) is 5.75 Å². The number of amides is 2. The Morgan fingerprint density at radius 2 is 1.95 bits per heavy atom. The lowest BCUT2D eigenvalue weighted by Gasteiger charge is -2.36. The monoisotopic (exact) mass is 670 g/mol. The van der Waals surface area contributed by atoms with Gasteiger partial charge in [-0.1, -0.05) is 28.4 Å². The number of methoxy groups -OCH3 is 1. The first kappa shape index (κ1) is 33.5. The molecule has 2 aromatic rings. The van der Waals surface area contributed by atoms with Crippen molar-refractivity contribution in [2.45, 2.75) is 51.0 Å². The van der Waals surface area contributed by atoms with Gasteiger partial charge in [0.25, 0.3) is 0 Å². The first-order chi connectivity index (χ1) is 21.2. The average molecular weight is 672 g/mol. The second-order valence-corrected chi connectivity index (χ2v) is 12.2. The molecule has 1 aliphatic heterocycles. The number of hydrogen-bond donors (Lipinski definition) is 4. The van der Waals surface area contributed by atoms with Crippen LogP contribution in [0.2, 0.25) is 0 Å². The average Bonchev–Trinajstić information content (AvgIpc) is 3.24. The number of aromatic hydroxyl groups is 1. The van der Waals surface area contributed by atoms with E-state index in [1.165, 1.54) is 12.0 Å². The number of aromatic nitrogens is 1. The van der Waals surface area contributed by atoms with Crippen LogP contribution in [-0.2, 0) is 19.1 Å². The van der Waals surface area contributed by atoms with E-state index in [1.54, 1.807) is 30.5 Å². The van der Waals surface area contributed by atoms with Crippen molar-refractivity contribution in [2.75, 3.05) is 26.9 Å². The smallest absolute Gasteiger partial charge is 0.303 e. The molecule has 2 amide bonds. The first-order valence-electron chi connectivity index (χ1n) is 14.8. The first-order valence-corrected chi connectivity index (χ1v) is 15.6. The third-order valence-corrected chi connectivity index (χ3v) is 8.92. The molecule has 4 atom stereocenters. The number of likely N-dealkylation sites (tertiary alicyclic amines) is 1. The Hall–Kier alpha value is -3.38. The van der Waals surface area contributed by atoms with E-state index in [0.717, 1.165) is 10.0 Å². The number of halogens is 1. The third kappa shape index (κ3) is 7.82. The number of aliphatic hydroxyl groups excluding tert-OH is 2. The van der Waals surface area contributed by atoms with Gasteiger partial charge < -0.3 is 25.2 Å². The molecule has 236 valence electrons. The second kappa shape index (κ2) is 15.6. The van der Waals surface area contributed by atoms with Crippen LogP contribution >= 0.6 is 15.9 Å². The molecule has 11 heteroatoms. The van der Waals surface area contributed by atoms with Crippen LogP contribution in [0.15, 0.2) is 58.2 Å². The number of ether oxygens (including phenoxy) is 1. The van der Waals surface area contributed by atoms with Crippen LogP contribution in [0.3, 0.4) is 0 Å². The highest BCUT2D eigenvalue weighted by atomic mass is 79.9. The van der Waals surface area contributed by atoms with E-state index in [0.29, 0.717) is 48.1 Å². The minimum Gasteiger partial charge on any atom is -0.507 e. The summed E-state index contributed by atoms with van der Waals surface area (Å²) in [5, 5.41) is 41.5. The van der Waals surface area contributed by atoms with Gasteiger partial charge in [-0.3, -0.25) is 24.3 Å². The van der Waals surface area contributed by atoms with Gasteiger partial charge >= 0.3 is 5.97 Å². The fraction of sp³-hybridized carbons (Fsp3) is 0.455. The lowest BCUT2D eigenvalue weighted by molar-refractivity contribution is -0.141. The topological polar surface area (TPSA) is 157 Å². The number of pyridine rings is 1. The maximum absolute atomic E-state index is 13.6. The molecule has 0 radical (unpaired) electrons. The van der Waals surface area contributed by atoms with Gasteiger partial charge in [0, 0.05) is 42.2 Å². The van der Waals surface area contributed by atoms with E-state index in [-0.39, 0.29) is 50.0 Å². The van der Waals surface area contributed by atoms with Crippen LogP contribution in [0.1, 0.15) is 56.2 Å². The zero-order valence-electron chi connectivity index (χ0n) is 24.7. The van der Waals surface area contributed by atoms with Gasteiger partial charge in [-0.25, -0.2) is 0 Å². The number of nitrogens with zero attached hydrogens (tertiary/aromatic N) is 2. The van der Waals surface area contributed by atoms with Gasteiger partial charge in [0.2, 0.25) is 11.8 Å². The predicted molar refractivity (Wildman–Crippen MR) is 167 cm³/mol. The molecular formula is C33H39BrN2O8. The van der Waals surface area contributed by atoms with Crippen LogP contribution in [-0.4, -0.2) is 81.1 Å². The molecule has 0 spiro atoms.